The van der Waals surface area contributed by atoms with Crippen LogP contribution in [0.4, 0.5) is 0 Å². The molecule has 0 amide bonds. The van der Waals surface area contributed by atoms with E-state index in [1.165, 1.54) is 15.1 Å². The first-order valence-corrected chi connectivity index (χ1v) is 5.94. The van der Waals surface area contributed by atoms with E-state index in [4.69, 9.17) is 0 Å². The van der Waals surface area contributed by atoms with Gasteiger partial charge in [-0.1, -0.05) is 0 Å². The molecule has 3 aromatic heterocycles. The van der Waals surface area contributed by atoms with Gasteiger partial charge >= 0.3 is 0 Å². The molecule has 3 rings (SSSR count). The first-order chi connectivity index (χ1) is 7.75. The van der Waals surface area contributed by atoms with Crippen molar-refractivity contribution in [1.29, 1.82) is 0 Å². The molecule has 0 aliphatic carbocycles. The number of hydrogen-bond acceptors (Lipinski definition) is 3. The largest absolute Gasteiger partial charge is 0.282 e. The maximum Gasteiger partial charge on any atom is 0.0816 e. The van der Waals surface area contributed by atoms with Crippen LogP contribution in [0.1, 0.15) is 11.4 Å². The predicted molar refractivity (Wildman–Crippen MR) is 66.7 cm³/mol. The first kappa shape index (κ1) is 9.54. The molecule has 3 heterocycles. The first-order valence-electron chi connectivity index (χ1n) is 5.12. The van der Waals surface area contributed by atoms with Crippen LogP contribution >= 0.6 is 11.3 Å². The van der Waals surface area contributed by atoms with E-state index < -0.39 is 0 Å². The lowest BCUT2D eigenvalue weighted by Gasteiger charge is -1.94. The molecule has 80 valence electrons. The number of nitrogens with one attached hydrogen (secondary N) is 1. The van der Waals surface area contributed by atoms with Crippen molar-refractivity contribution in [2.24, 2.45) is 0 Å². The van der Waals surface area contributed by atoms with Gasteiger partial charge in [-0.2, -0.15) is 5.10 Å². The number of pyridine rings is 1. The second-order valence-electron chi connectivity index (χ2n) is 3.81. The highest BCUT2D eigenvalue weighted by Gasteiger charge is 2.12. The number of nitrogens with zero attached hydrogens (tertiary/aromatic N) is 2. The molecule has 3 aromatic rings. The number of aromatic amines is 1. The molecule has 0 bridgehead atoms. The molecule has 0 aliphatic rings. The lowest BCUT2D eigenvalue weighted by molar-refractivity contribution is 1.02. The van der Waals surface area contributed by atoms with E-state index in [1.807, 2.05) is 26.1 Å². The van der Waals surface area contributed by atoms with Crippen LogP contribution in [-0.2, 0) is 0 Å². The number of rotatable bonds is 1. The topological polar surface area (TPSA) is 41.6 Å². The summed E-state index contributed by atoms with van der Waals surface area (Å²) in [6.07, 6.45) is 1.83. The number of thiophene rings is 1. The molecular formula is C12H11N3S. The average Bonchev–Trinajstić information content (AvgIpc) is 2.82. The summed E-state index contributed by atoms with van der Waals surface area (Å²) in [5, 5.41) is 7.24. The predicted octanol–water partition coefficient (Wildman–Crippen LogP) is 3.30. The lowest BCUT2D eigenvalue weighted by Crippen LogP contribution is -1.76. The maximum absolute atomic E-state index is 4.35. The van der Waals surface area contributed by atoms with Crippen molar-refractivity contribution in [1.82, 2.24) is 15.2 Å². The van der Waals surface area contributed by atoms with E-state index >= 15 is 0 Å². The Labute approximate surface area is 97.2 Å². The fraction of sp³-hybridized carbons (Fsp3) is 0.167. The van der Waals surface area contributed by atoms with Gasteiger partial charge in [-0.3, -0.25) is 10.1 Å². The molecule has 4 heteroatoms. The third kappa shape index (κ3) is 1.34. The van der Waals surface area contributed by atoms with E-state index in [9.17, 15) is 0 Å². The smallest absolute Gasteiger partial charge is 0.0816 e. The van der Waals surface area contributed by atoms with Crippen molar-refractivity contribution in [3.8, 4) is 10.4 Å². The Hall–Kier alpha value is -1.68. The van der Waals surface area contributed by atoms with Gasteiger partial charge in [0.2, 0.25) is 0 Å². The second-order valence-corrected chi connectivity index (χ2v) is 4.89. The Kier molecular flexibility index (Phi) is 2.04. The molecule has 0 atom stereocenters. The molecular weight excluding hydrogens is 218 g/mol. The Balaban J connectivity index is 2.27. The number of aryl methyl sites for hydroxylation is 2. The highest BCUT2D eigenvalue weighted by atomic mass is 32.1. The molecule has 16 heavy (non-hydrogen) atoms. The van der Waals surface area contributed by atoms with Gasteiger partial charge in [0, 0.05) is 22.3 Å². The molecule has 3 nitrogen and oxygen atoms in total. The van der Waals surface area contributed by atoms with E-state index in [0.717, 1.165) is 16.9 Å². The maximum atomic E-state index is 4.35. The van der Waals surface area contributed by atoms with Gasteiger partial charge in [0.1, 0.15) is 0 Å². The van der Waals surface area contributed by atoms with Gasteiger partial charge in [0.15, 0.2) is 0 Å². The van der Waals surface area contributed by atoms with Gasteiger partial charge in [-0.05, 0) is 32.0 Å². The Bertz CT molecular complexity index is 599. The molecule has 0 saturated carbocycles. The standard InChI is InChI=1S/C12H11N3S/c1-7-12(8(2)15-14-7)11-6-9-10(16-11)4-3-5-13-9/h3-6H,1-2H3,(H,14,15). The summed E-state index contributed by atoms with van der Waals surface area (Å²) in [7, 11) is 0. The van der Waals surface area contributed by atoms with Crippen molar-refractivity contribution in [2.45, 2.75) is 13.8 Å². The van der Waals surface area contributed by atoms with Crippen molar-refractivity contribution in [3.63, 3.8) is 0 Å². The van der Waals surface area contributed by atoms with Crippen LogP contribution in [0, 0.1) is 13.8 Å². The number of H-pyrrole nitrogens is 1. The van der Waals surface area contributed by atoms with Gasteiger partial charge in [-0.25, -0.2) is 0 Å². The van der Waals surface area contributed by atoms with Crippen molar-refractivity contribution < 1.29 is 0 Å². The Morgan fingerprint density at radius 3 is 2.88 bits per heavy atom. The third-order valence-electron chi connectivity index (χ3n) is 2.66. The highest BCUT2D eigenvalue weighted by Crippen LogP contribution is 2.34. The van der Waals surface area contributed by atoms with Crippen LogP contribution in [0.15, 0.2) is 24.4 Å². The fourth-order valence-corrected chi connectivity index (χ4v) is 3.08. The fourth-order valence-electron chi connectivity index (χ4n) is 1.91. The minimum atomic E-state index is 1.05. The second kappa shape index (κ2) is 3.42. The van der Waals surface area contributed by atoms with Crippen molar-refractivity contribution in [2.75, 3.05) is 0 Å². The molecule has 1 N–H and O–H groups in total. The zero-order chi connectivity index (χ0) is 11.1. The van der Waals surface area contributed by atoms with E-state index in [1.54, 1.807) is 11.3 Å². The average molecular weight is 229 g/mol. The number of fused-ring (bicyclic) bond motifs is 1. The molecule has 0 unspecified atom stereocenters. The normalized spacial score (nSPS) is 11.1. The lowest BCUT2D eigenvalue weighted by atomic mass is 10.1. The van der Waals surface area contributed by atoms with Crippen molar-refractivity contribution >= 4 is 21.6 Å². The summed E-state index contributed by atoms with van der Waals surface area (Å²) in [6, 6.07) is 6.20. The third-order valence-corrected chi connectivity index (χ3v) is 3.77. The zero-order valence-electron chi connectivity index (χ0n) is 9.11. The van der Waals surface area contributed by atoms with Gasteiger partial charge < -0.3 is 0 Å². The van der Waals surface area contributed by atoms with Gasteiger partial charge in [-0.15, -0.1) is 11.3 Å². The Morgan fingerprint density at radius 2 is 2.19 bits per heavy atom. The summed E-state index contributed by atoms with van der Waals surface area (Å²) in [6.45, 7) is 4.07. The summed E-state index contributed by atoms with van der Waals surface area (Å²) < 4.78 is 1.22. The van der Waals surface area contributed by atoms with Crippen LogP contribution in [0.3, 0.4) is 0 Å². The van der Waals surface area contributed by atoms with E-state index in [0.29, 0.717) is 0 Å². The molecule has 0 aromatic carbocycles. The molecule has 0 radical (unpaired) electrons. The van der Waals surface area contributed by atoms with Crippen LogP contribution in [0.5, 0.6) is 0 Å². The number of aromatic nitrogens is 3. The Morgan fingerprint density at radius 1 is 1.31 bits per heavy atom. The summed E-state index contributed by atoms with van der Waals surface area (Å²) in [5.74, 6) is 0. The quantitative estimate of drug-likeness (QED) is 0.695. The SMILES string of the molecule is Cc1n[nH]c(C)c1-c1cc2ncccc2s1. The molecule has 0 saturated heterocycles. The van der Waals surface area contributed by atoms with Gasteiger partial charge in [0.25, 0.3) is 0 Å². The highest BCUT2D eigenvalue weighted by molar-refractivity contribution is 7.22. The van der Waals surface area contributed by atoms with Crippen LogP contribution in [0.2, 0.25) is 0 Å². The summed E-state index contributed by atoms with van der Waals surface area (Å²) in [4.78, 5) is 5.58. The summed E-state index contributed by atoms with van der Waals surface area (Å²) in [5.41, 5.74) is 4.43. The van der Waals surface area contributed by atoms with Crippen molar-refractivity contribution in [3.05, 3.63) is 35.8 Å². The molecule has 0 fully saturated rings. The summed E-state index contributed by atoms with van der Waals surface area (Å²) >= 11 is 1.76. The van der Waals surface area contributed by atoms with Crippen LogP contribution < -0.4 is 0 Å². The number of hydrogen-bond donors (Lipinski definition) is 1. The minimum Gasteiger partial charge on any atom is -0.282 e. The molecule has 0 spiro atoms. The molecule has 0 aliphatic heterocycles. The van der Waals surface area contributed by atoms with Crippen LogP contribution in [0.25, 0.3) is 20.7 Å². The van der Waals surface area contributed by atoms with Gasteiger partial charge in [0.05, 0.1) is 15.9 Å². The monoisotopic (exact) mass is 229 g/mol. The minimum absolute atomic E-state index is 1.05. The van der Waals surface area contributed by atoms with E-state index in [2.05, 4.69) is 27.3 Å². The zero-order valence-corrected chi connectivity index (χ0v) is 9.93. The van der Waals surface area contributed by atoms with E-state index in [-0.39, 0.29) is 0 Å². The van der Waals surface area contributed by atoms with Crippen LogP contribution in [-0.4, -0.2) is 15.2 Å².